The first-order valence-electron chi connectivity index (χ1n) is 5.98. The maximum absolute atomic E-state index is 12.4. The van der Waals surface area contributed by atoms with E-state index < -0.39 is 6.43 Å². The minimum atomic E-state index is -2.37. The summed E-state index contributed by atoms with van der Waals surface area (Å²) >= 11 is 0. The van der Waals surface area contributed by atoms with Crippen LogP contribution in [0.25, 0.3) is 0 Å². The fourth-order valence-electron chi connectivity index (χ4n) is 2.18. The minimum absolute atomic E-state index is 0. The van der Waals surface area contributed by atoms with Gasteiger partial charge in [-0.15, -0.1) is 12.4 Å². The largest absolute Gasteiger partial charge is 0.312 e. The Morgan fingerprint density at radius 2 is 2.00 bits per heavy atom. The zero-order valence-corrected chi connectivity index (χ0v) is 11.2. The monoisotopic (exact) mass is 276 g/mol. The van der Waals surface area contributed by atoms with Crippen LogP contribution in [0, 0.1) is 0 Å². The van der Waals surface area contributed by atoms with Gasteiger partial charge in [0.2, 0.25) is 0 Å². The van der Waals surface area contributed by atoms with Crippen molar-refractivity contribution in [2.75, 3.05) is 19.6 Å². The van der Waals surface area contributed by atoms with Gasteiger partial charge in [0, 0.05) is 37.8 Å². The average molecular weight is 277 g/mol. The lowest BCUT2D eigenvalue weighted by Gasteiger charge is -2.31. The molecule has 1 N–H and O–H groups in total. The summed E-state index contributed by atoms with van der Waals surface area (Å²) in [5.74, 6) is 0. The molecule has 1 saturated heterocycles. The van der Waals surface area contributed by atoms with Gasteiger partial charge in [0.15, 0.2) is 0 Å². The van der Waals surface area contributed by atoms with E-state index in [2.05, 4.69) is 17.1 Å². The third-order valence-electron chi connectivity index (χ3n) is 3.09. The van der Waals surface area contributed by atoms with E-state index in [9.17, 15) is 8.78 Å². The molecule has 102 valence electrons. The molecule has 0 bridgehead atoms. The lowest BCUT2D eigenvalue weighted by molar-refractivity contribution is 0.151. The number of hydrogen-bond donors (Lipinski definition) is 1. The van der Waals surface area contributed by atoms with Crippen LogP contribution < -0.4 is 5.32 Å². The summed E-state index contributed by atoms with van der Waals surface area (Å²) in [6.07, 6.45) is -2.37. The minimum Gasteiger partial charge on any atom is -0.312 e. The summed E-state index contributed by atoms with van der Waals surface area (Å²) in [5.41, 5.74) is 1.20. The second kappa shape index (κ2) is 7.02. The van der Waals surface area contributed by atoms with Gasteiger partial charge in [0.1, 0.15) is 0 Å². The van der Waals surface area contributed by atoms with Crippen LogP contribution in [0.3, 0.4) is 0 Å². The molecule has 1 aromatic carbocycles. The van der Waals surface area contributed by atoms with E-state index in [0.29, 0.717) is 6.04 Å². The topological polar surface area (TPSA) is 15.3 Å². The van der Waals surface area contributed by atoms with Crippen LogP contribution in [-0.4, -0.2) is 30.6 Å². The molecule has 18 heavy (non-hydrogen) atoms. The van der Waals surface area contributed by atoms with E-state index in [0.717, 1.165) is 31.7 Å². The lowest BCUT2D eigenvalue weighted by atomic mass is 10.1. The summed E-state index contributed by atoms with van der Waals surface area (Å²) in [6.45, 7) is 6.02. The Morgan fingerprint density at radius 3 is 2.56 bits per heavy atom. The molecule has 1 aliphatic rings. The predicted octanol–water partition coefficient (Wildman–Crippen LogP) is 2.84. The second-order valence-corrected chi connectivity index (χ2v) is 4.63. The number of nitrogens with zero attached hydrogens (tertiary/aromatic N) is 1. The van der Waals surface area contributed by atoms with Gasteiger partial charge >= 0.3 is 0 Å². The van der Waals surface area contributed by atoms with Crippen molar-refractivity contribution in [3.63, 3.8) is 0 Å². The number of nitrogens with one attached hydrogen (secondary N) is 1. The molecule has 0 saturated carbocycles. The van der Waals surface area contributed by atoms with Crippen LogP contribution in [0.5, 0.6) is 0 Å². The molecule has 0 aromatic heterocycles. The summed E-state index contributed by atoms with van der Waals surface area (Å²) in [6, 6.07) is 7.14. The van der Waals surface area contributed by atoms with E-state index in [1.54, 1.807) is 12.1 Å². The van der Waals surface area contributed by atoms with Gasteiger partial charge in [-0.3, -0.25) is 4.90 Å². The van der Waals surface area contributed by atoms with Gasteiger partial charge in [0.25, 0.3) is 6.43 Å². The van der Waals surface area contributed by atoms with E-state index in [1.807, 2.05) is 0 Å². The smallest absolute Gasteiger partial charge is 0.263 e. The Labute approximate surface area is 113 Å². The van der Waals surface area contributed by atoms with Crippen molar-refractivity contribution < 1.29 is 8.78 Å². The molecule has 0 radical (unpaired) electrons. The SMILES string of the molecule is CC1CN(Cc2ccc(C(F)F)cc2)CCN1.Cl. The molecular weight excluding hydrogens is 258 g/mol. The summed E-state index contributed by atoms with van der Waals surface area (Å²) < 4.78 is 24.8. The van der Waals surface area contributed by atoms with Gasteiger partial charge in [0.05, 0.1) is 0 Å². The molecule has 1 atom stereocenters. The highest BCUT2D eigenvalue weighted by molar-refractivity contribution is 5.85. The molecule has 0 amide bonds. The van der Waals surface area contributed by atoms with Crippen molar-refractivity contribution in [2.24, 2.45) is 0 Å². The second-order valence-electron chi connectivity index (χ2n) is 4.63. The van der Waals surface area contributed by atoms with Crippen molar-refractivity contribution in [3.8, 4) is 0 Å². The maximum atomic E-state index is 12.4. The molecule has 2 nitrogen and oxygen atoms in total. The molecule has 0 aliphatic carbocycles. The Kier molecular flexibility index (Phi) is 5.99. The highest BCUT2D eigenvalue weighted by Crippen LogP contribution is 2.19. The summed E-state index contributed by atoms with van der Waals surface area (Å²) in [4.78, 5) is 2.35. The molecule has 1 heterocycles. The first kappa shape index (κ1) is 15.3. The van der Waals surface area contributed by atoms with Gasteiger partial charge in [-0.05, 0) is 12.5 Å². The maximum Gasteiger partial charge on any atom is 0.263 e. The van der Waals surface area contributed by atoms with Crippen molar-refractivity contribution in [3.05, 3.63) is 35.4 Å². The average Bonchev–Trinajstić information content (AvgIpc) is 2.29. The molecular formula is C13H19ClF2N2. The van der Waals surface area contributed by atoms with Crippen molar-refractivity contribution in [1.29, 1.82) is 0 Å². The molecule has 5 heteroatoms. The Bertz CT molecular complexity index is 357. The summed E-state index contributed by atoms with van der Waals surface area (Å²) in [5, 5.41) is 3.38. The fourth-order valence-corrected chi connectivity index (χ4v) is 2.18. The zero-order valence-electron chi connectivity index (χ0n) is 10.4. The van der Waals surface area contributed by atoms with E-state index in [4.69, 9.17) is 0 Å². The van der Waals surface area contributed by atoms with Gasteiger partial charge in [-0.2, -0.15) is 0 Å². The van der Waals surface area contributed by atoms with Gasteiger partial charge in [-0.1, -0.05) is 24.3 Å². The number of rotatable bonds is 3. The number of piperazine rings is 1. The first-order chi connectivity index (χ1) is 8.15. The standard InChI is InChI=1S/C13H18F2N2.ClH/c1-10-8-17(7-6-16-10)9-11-2-4-12(5-3-11)13(14)15;/h2-5,10,13,16H,6-9H2,1H3;1H. The van der Waals surface area contributed by atoms with Crippen LogP contribution in [-0.2, 0) is 6.54 Å². The molecule has 1 aliphatic heterocycles. The Morgan fingerprint density at radius 1 is 1.33 bits per heavy atom. The van der Waals surface area contributed by atoms with Crippen molar-refractivity contribution in [1.82, 2.24) is 10.2 Å². The van der Waals surface area contributed by atoms with Crippen molar-refractivity contribution in [2.45, 2.75) is 25.9 Å². The van der Waals surface area contributed by atoms with E-state index in [-0.39, 0.29) is 18.0 Å². The van der Waals surface area contributed by atoms with Crippen LogP contribution in [0.4, 0.5) is 8.78 Å². The molecule has 2 rings (SSSR count). The molecule has 1 fully saturated rings. The first-order valence-corrected chi connectivity index (χ1v) is 5.98. The summed E-state index contributed by atoms with van der Waals surface area (Å²) in [7, 11) is 0. The fraction of sp³-hybridized carbons (Fsp3) is 0.538. The van der Waals surface area contributed by atoms with Crippen LogP contribution in [0.2, 0.25) is 0 Å². The predicted molar refractivity (Wildman–Crippen MR) is 71.4 cm³/mol. The number of hydrogen-bond acceptors (Lipinski definition) is 2. The number of alkyl halides is 2. The van der Waals surface area contributed by atoms with Crippen LogP contribution in [0.1, 0.15) is 24.5 Å². The number of benzene rings is 1. The van der Waals surface area contributed by atoms with Crippen molar-refractivity contribution >= 4 is 12.4 Å². The third-order valence-corrected chi connectivity index (χ3v) is 3.09. The van der Waals surface area contributed by atoms with E-state index >= 15 is 0 Å². The lowest BCUT2D eigenvalue weighted by Crippen LogP contribution is -2.48. The highest BCUT2D eigenvalue weighted by atomic mass is 35.5. The van der Waals surface area contributed by atoms with E-state index in [1.165, 1.54) is 12.1 Å². The zero-order chi connectivity index (χ0) is 12.3. The quantitative estimate of drug-likeness (QED) is 0.913. The highest BCUT2D eigenvalue weighted by Gasteiger charge is 2.15. The van der Waals surface area contributed by atoms with Gasteiger partial charge < -0.3 is 5.32 Å². The Balaban J connectivity index is 0.00000162. The molecule has 0 spiro atoms. The van der Waals surface area contributed by atoms with Gasteiger partial charge in [-0.25, -0.2) is 8.78 Å². The number of halogens is 3. The normalized spacial score (nSPS) is 20.8. The Hall–Kier alpha value is -0.710. The third kappa shape index (κ3) is 4.19. The van der Waals surface area contributed by atoms with Crippen LogP contribution in [0.15, 0.2) is 24.3 Å². The molecule has 1 aromatic rings. The molecule has 1 unspecified atom stereocenters. The van der Waals surface area contributed by atoms with Crippen LogP contribution >= 0.6 is 12.4 Å².